The fourth-order valence-corrected chi connectivity index (χ4v) is 6.35. The van der Waals surface area contributed by atoms with Gasteiger partial charge in [-0.05, 0) is 48.4 Å². The third-order valence-electron chi connectivity index (χ3n) is 7.68. The number of benzene rings is 2. The molecule has 4 N–H and O–H groups in total. The number of hydrogen-bond acceptors (Lipinski definition) is 9. The fourth-order valence-electron chi connectivity index (χ4n) is 5.56. The summed E-state index contributed by atoms with van der Waals surface area (Å²) in [7, 11) is 0. The van der Waals surface area contributed by atoms with Crippen LogP contribution in [-0.4, -0.2) is 85.1 Å². The molecule has 4 amide bonds. The number of hydrogen-bond donors (Lipinski definition) is 3. The van der Waals surface area contributed by atoms with Crippen molar-refractivity contribution in [1.82, 2.24) is 35.1 Å². The average molecular weight is 647 g/mol. The number of aromatic nitrogens is 2. The first-order valence-corrected chi connectivity index (χ1v) is 15.4. The van der Waals surface area contributed by atoms with Crippen LogP contribution in [0.5, 0.6) is 5.75 Å². The Morgan fingerprint density at radius 1 is 1.26 bits per heavy atom. The van der Waals surface area contributed by atoms with Crippen molar-refractivity contribution in [3.63, 3.8) is 0 Å². The molecule has 2 aromatic carbocycles. The van der Waals surface area contributed by atoms with E-state index in [1.165, 1.54) is 40.7 Å². The number of fused-ring (bicyclic) bond motifs is 1. The summed E-state index contributed by atoms with van der Waals surface area (Å²) in [5, 5.41) is 16.0. The number of rotatable bonds is 13. The van der Waals surface area contributed by atoms with Crippen LogP contribution in [0, 0.1) is 5.82 Å². The second kappa shape index (κ2) is 14.3. The van der Waals surface area contributed by atoms with Gasteiger partial charge in [0.15, 0.2) is 5.13 Å². The van der Waals surface area contributed by atoms with Gasteiger partial charge in [-0.1, -0.05) is 41.7 Å². The lowest BCUT2D eigenvalue weighted by molar-refractivity contribution is -0.132. The molecular formula is C32H35FN8O4S. The normalized spacial score (nSPS) is 15.6. The molecule has 0 aliphatic carbocycles. The number of nitrogens with zero attached hydrogens (tertiary/aromatic N) is 6. The number of aromatic hydroxyl groups is 1. The molecule has 1 fully saturated rings. The Bertz CT molecular complexity index is 1700. The van der Waals surface area contributed by atoms with E-state index in [0.717, 1.165) is 10.3 Å². The SMILES string of the molecule is C=CCN(C(=O)NCc1ccc(F)cc1)N1CC(=O)N([C@H](C)Cc2ccc(O)cn2)[C@@H]1CN(C=O)Cc1cccc2sc(N)nc12. The summed E-state index contributed by atoms with van der Waals surface area (Å²) in [6.45, 7) is 6.04. The highest BCUT2D eigenvalue weighted by molar-refractivity contribution is 7.22. The van der Waals surface area contributed by atoms with Gasteiger partial charge in [-0.2, -0.15) is 5.01 Å². The Morgan fingerprint density at radius 2 is 2.04 bits per heavy atom. The molecule has 1 saturated heterocycles. The highest BCUT2D eigenvalue weighted by atomic mass is 32.1. The number of hydrazine groups is 1. The average Bonchev–Trinajstić information content (AvgIpc) is 3.58. The molecule has 14 heteroatoms. The zero-order valence-corrected chi connectivity index (χ0v) is 26.1. The van der Waals surface area contributed by atoms with Gasteiger partial charge in [0, 0.05) is 31.2 Å². The summed E-state index contributed by atoms with van der Waals surface area (Å²) in [5.74, 6) is -0.590. The van der Waals surface area contributed by atoms with Crippen molar-refractivity contribution in [1.29, 1.82) is 0 Å². The molecule has 240 valence electrons. The first kappa shape index (κ1) is 32.3. The summed E-state index contributed by atoms with van der Waals surface area (Å²) >= 11 is 1.35. The first-order chi connectivity index (χ1) is 22.2. The van der Waals surface area contributed by atoms with E-state index >= 15 is 0 Å². The predicted molar refractivity (Wildman–Crippen MR) is 172 cm³/mol. The second-order valence-corrected chi connectivity index (χ2v) is 12.0. The molecule has 46 heavy (non-hydrogen) atoms. The Balaban J connectivity index is 1.43. The van der Waals surface area contributed by atoms with E-state index in [-0.39, 0.29) is 56.2 Å². The Morgan fingerprint density at radius 3 is 2.74 bits per heavy atom. The van der Waals surface area contributed by atoms with E-state index in [0.29, 0.717) is 34.7 Å². The Labute approximate surface area is 269 Å². The van der Waals surface area contributed by atoms with Gasteiger partial charge in [-0.15, -0.1) is 6.58 Å². The topological polar surface area (TPSA) is 148 Å². The summed E-state index contributed by atoms with van der Waals surface area (Å²) in [6, 6.07) is 13.8. The Kier molecular flexibility index (Phi) is 10.1. The second-order valence-electron chi connectivity index (χ2n) is 10.9. The lowest BCUT2D eigenvalue weighted by Gasteiger charge is -2.40. The quantitative estimate of drug-likeness (QED) is 0.148. The van der Waals surface area contributed by atoms with E-state index in [2.05, 4.69) is 21.9 Å². The molecule has 4 aromatic rings. The van der Waals surface area contributed by atoms with E-state index in [9.17, 15) is 23.9 Å². The van der Waals surface area contributed by atoms with Gasteiger partial charge in [0.2, 0.25) is 12.3 Å². The van der Waals surface area contributed by atoms with Crippen molar-refractivity contribution in [3.05, 3.63) is 96.1 Å². The minimum atomic E-state index is -0.735. The molecule has 0 bridgehead atoms. The molecule has 3 heterocycles. The molecule has 2 aromatic heterocycles. The highest BCUT2D eigenvalue weighted by Gasteiger charge is 2.45. The van der Waals surface area contributed by atoms with Crippen LogP contribution in [0.3, 0.4) is 0 Å². The lowest BCUT2D eigenvalue weighted by Crippen LogP contribution is -2.58. The third-order valence-corrected chi connectivity index (χ3v) is 8.53. The maximum atomic E-state index is 13.7. The number of thiazole rings is 1. The van der Waals surface area contributed by atoms with Crippen molar-refractivity contribution in [2.75, 3.05) is 25.4 Å². The monoisotopic (exact) mass is 646 g/mol. The fraction of sp³-hybridized carbons (Fsp3) is 0.281. The zero-order chi connectivity index (χ0) is 32.8. The smallest absolute Gasteiger partial charge is 0.332 e. The van der Waals surface area contributed by atoms with E-state index in [1.54, 1.807) is 39.1 Å². The molecule has 12 nitrogen and oxygen atoms in total. The largest absolute Gasteiger partial charge is 0.506 e. The highest BCUT2D eigenvalue weighted by Crippen LogP contribution is 2.28. The first-order valence-electron chi connectivity index (χ1n) is 14.6. The minimum Gasteiger partial charge on any atom is -0.506 e. The van der Waals surface area contributed by atoms with Crippen molar-refractivity contribution in [2.45, 2.75) is 38.6 Å². The number of halogens is 1. The van der Waals surface area contributed by atoms with Gasteiger partial charge >= 0.3 is 6.03 Å². The molecular weight excluding hydrogens is 611 g/mol. The number of para-hydroxylation sites is 1. The Hall–Kier alpha value is -5.08. The number of nitrogens with two attached hydrogens (primary N) is 1. The van der Waals surface area contributed by atoms with Crippen LogP contribution >= 0.6 is 11.3 Å². The van der Waals surface area contributed by atoms with Crippen LogP contribution in [0.15, 0.2) is 73.4 Å². The number of anilines is 1. The summed E-state index contributed by atoms with van der Waals surface area (Å²) in [4.78, 5) is 51.8. The van der Waals surface area contributed by atoms with Gasteiger partial charge < -0.3 is 26.0 Å². The number of urea groups is 1. The molecule has 0 radical (unpaired) electrons. The maximum Gasteiger partial charge on any atom is 0.332 e. The molecule has 2 atom stereocenters. The molecule has 5 rings (SSSR count). The summed E-state index contributed by atoms with van der Waals surface area (Å²) in [5.41, 5.74) is 8.81. The lowest BCUT2D eigenvalue weighted by atomic mass is 10.1. The standard InChI is InChI=1S/C32H35FN8O4S/c1-3-13-39(32(45)36-15-22-7-9-24(33)10-8-22)40-19-29(44)41(21(2)14-25-11-12-26(43)16-35-25)28(40)18-38(20-42)17-23-5-4-6-27-30(23)37-31(34)46-27/h3-12,16,20-21,28,43H,1,13-15,17-19H2,2H3,(H2,34,37)(H,36,45)/t21-,28-/m1/s1. The number of carbonyl (C=O) groups is 3. The van der Waals surface area contributed by atoms with Crippen molar-refractivity contribution >= 4 is 45.0 Å². The summed E-state index contributed by atoms with van der Waals surface area (Å²) in [6.07, 6.45) is 3.24. The van der Waals surface area contributed by atoms with Crippen LogP contribution in [0.4, 0.5) is 14.3 Å². The van der Waals surface area contributed by atoms with Crippen LogP contribution in [0.2, 0.25) is 0 Å². The van der Waals surface area contributed by atoms with Crippen LogP contribution in [0.25, 0.3) is 10.2 Å². The molecule has 0 unspecified atom stereocenters. The number of amides is 4. The number of nitrogen functional groups attached to an aromatic ring is 1. The van der Waals surface area contributed by atoms with Crippen molar-refractivity contribution in [2.24, 2.45) is 0 Å². The van der Waals surface area contributed by atoms with E-state index < -0.39 is 12.2 Å². The van der Waals surface area contributed by atoms with Gasteiger partial charge in [0.25, 0.3) is 0 Å². The van der Waals surface area contributed by atoms with Crippen molar-refractivity contribution < 1.29 is 23.9 Å². The molecule has 0 saturated carbocycles. The predicted octanol–water partition coefficient (Wildman–Crippen LogP) is 3.49. The molecule has 0 spiro atoms. The van der Waals surface area contributed by atoms with Crippen LogP contribution < -0.4 is 11.1 Å². The van der Waals surface area contributed by atoms with Crippen LogP contribution in [0.1, 0.15) is 23.7 Å². The van der Waals surface area contributed by atoms with E-state index in [4.69, 9.17) is 5.73 Å². The van der Waals surface area contributed by atoms with E-state index in [1.807, 2.05) is 25.1 Å². The number of nitrogens with one attached hydrogen (secondary N) is 1. The van der Waals surface area contributed by atoms with Crippen molar-refractivity contribution in [3.8, 4) is 5.75 Å². The molecule has 1 aliphatic heterocycles. The van der Waals surface area contributed by atoms with Gasteiger partial charge in [0.05, 0.1) is 36.0 Å². The maximum absolute atomic E-state index is 13.7. The number of carbonyl (C=O) groups excluding carboxylic acids is 3. The van der Waals surface area contributed by atoms with Gasteiger partial charge in [-0.3, -0.25) is 19.6 Å². The minimum absolute atomic E-state index is 0.0305. The molecule has 1 aliphatic rings. The summed E-state index contributed by atoms with van der Waals surface area (Å²) < 4.78 is 14.3. The zero-order valence-electron chi connectivity index (χ0n) is 25.3. The van der Waals surface area contributed by atoms with Gasteiger partial charge in [-0.25, -0.2) is 14.2 Å². The van der Waals surface area contributed by atoms with Crippen LogP contribution in [-0.2, 0) is 29.1 Å². The number of pyridine rings is 1. The third kappa shape index (κ3) is 7.41. The van der Waals surface area contributed by atoms with Gasteiger partial charge in [0.1, 0.15) is 17.7 Å².